The number of thiazole rings is 2. The molecule has 0 aliphatic heterocycles. The van der Waals surface area contributed by atoms with Gasteiger partial charge in [-0.05, 0) is 17.7 Å². The van der Waals surface area contributed by atoms with E-state index in [4.69, 9.17) is 0 Å². The summed E-state index contributed by atoms with van der Waals surface area (Å²) in [6.45, 7) is 4.12. The monoisotopic (exact) mass is 393 g/mol. The van der Waals surface area contributed by atoms with Gasteiger partial charge in [0, 0.05) is 28.8 Å². The fourth-order valence-electron chi connectivity index (χ4n) is 2.29. The highest BCUT2D eigenvalue weighted by Crippen LogP contribution is 2.23. The Morgan fingerprint density at radius 1 is 1.27 bits per heavy atom. The Bertz CT molecular complexity index is 921. The van der Waals surface area contributed by atoms with Crippen molar-refractivity contribution >= 4 is 33.7 Å². The second-order valence-corrected chi connectivity index (χ2v) is 8.12. The first-order chi connectivity index (χ1) is 12.4. The lowest BCUT2D eigenvalue weighted by Gasteiger charge is -2.00. The van der Waals surface area contributed by atoms with Crippen molar-refractivity contribution in [3.8, 4) is 0 Å². The number of halogens is 2. The Morgan fingerprint density at radius 2 is 2.08 bits per heavy atom. The summed E-state index contributed by atoms with van der Waals surface area (Å²) in [6, 6.07) is 3.81. The number of nitrogens with zero attached hydrogens (tertiary/aromatic N) is 2. The van der Waals surface area contributed by atoms with Crippen LogP contribution in [0.3, 0.4) is 0 Å². The average Bonchev–Trinajstić information content (AvgIpc) is 3.21. The quantitative estimate of drug-likeness (QED) is 0.656. The zero-order valence-corrected chi connectivity index (χ0v) is 15.9. The van der Waals surface area contributed by atoms with Crippen LogP contribution in [-0.2, 0) is 17.6 Å². The lowest BCUT2D eigenvalue weighted by atomic mass is 10.1. The first kappa shape index (κ1) is 18.6. The molecule has 0 bridgehead atoms. The van der Waals surface area contributed by atoms with Crippen LogP contribution in [0.15, 0.2) is 29.8 Å². The van der Waals surface area contributed by atoms with Crippen molar-refractivity contribution < 1.29 is 13.6 Å². The summed E-state index contributed by atoms with van der Waals surface area (Å²) in [5.41, 5.74) is 1.39. The molecule has 3 rings (SSSR count). The van der Waals surface area contributed by atoms with Gasteiger partial charge >= 0.3 is 0 Å². The summed E-state index contributed by atoms with van der Waals surface area (Å²) in [6.07, 6.45) is 2.25. The van der Waals surface area contributed by atoms with Gasteiger partial charge in [-0.25, -0.2) is 18.7 Å². The van der Waals surface area contributed by atoms with Gasteiger partial charge in [0.2, 0.25) is 5.91 Å². The summed E-state index contributed by atoms with van der Waals surface area (Å²) in [4.78, 5) is 21.6. The molecule has 0 fully saturated rings. The molecule has 2 aromatic heterocycles. The molecular formula is C18H17F2N3OS2. The normalized spacial score (nSPS) is 11.1. The second-order valence-electron chi connectivity index (χ2n) is 6.11. The minimum Gasteiger partial charge on any atom is -0.302 e. The standard InChI is InChI=1S/C18H17F2N3OS2/c1-10(2)17-22-12(9-25-17)7-16(24)23-18-21-8-13(26-18)5-11-3-4-14(19)15(20)6-11/h3-4,6,8-10H,5,7H2,1-2H3,(H,21,23,24). The highest BCUT2D eigenvalue weighted by molar-refractivity contribution is 7.15. The Labute approximate surface area is 157 Å². The molecule has 26 heavy (non-hydrogen) atoms. The fourth-order valence-corrected chi connectivity index (χ4v) is 3.99. The summed E-state index contributed by atoms with van der Waals surface area (Å²) < 4.78 is 26.2. The molecule has 1 N–H and O–H groups in total. The van der Waals surface area contributed by atoms with E-state index in [9.17, 15) is 13.6 Å². The van der Waals surface area contributed by atoms with Crippen LogP contribution in [-0.4, -0.2) is 15.9 Å². The van der Waals surface area contributed by atoms with Crippen molar-refractivity contribution in [2.45, 2.75) is 32.6 Å². The molecule has 0 saturated carbocycles. The Morgan fingerprint density at radius 3 is 2.77 bits per heavy atom. The molecule has 1 aromatic carbocycles. The Kier molecular flexibility index (Phi) is 5.73. The van der Waals surface area contributed by atoms with Crippen molar-refractivity contribution in [1.82, 2.24) is 9.97 Å². The van der Waals surface area contributed by atoms with Gasteiger partial charge in [-0.1, -0.05) is 19.9 Å². The lowest BCUT2D eigenvalue weighted by molar-refractivity contribution is -0.115. The van der Waals surface area contributed by atoms with Crippen LogP contribution in [0, 0.1) is 11.6 Å². The minimum atomic E-state index is -0.871. The number of hydrogen-bond donors (Lipinski definition) is 1. The number of benzene rings is 1. The topological polar surface area (TPSA) is 54.9 Å². The molecule has 3 aromatic rings. The summed E-state index contributed by atoms with van der Waals surface area (Å²) >= 11 is 2.86. The number of rotatable bonds is 6. The van der Waals surface area contributed by atoms with E-state index in [0.717, 1.165) is 21.6 Å². The van der Waals surface area contributed by atoms with E-state index >= 15 is 0 Å². The van der Waals surface area contributed by atoms with Crippen LogP contribution >= 0.6 is 22.7 Å². The number of hydrogen-bond acceptors (Lipinski definition) is 5. The van der Waals surface area contributed by atoms with Gasteiger partial charge in [-0.2, -0.15) is 0 Å². The molecule has 0 saturated heterocycles. The predicted octanol–water partition coefficient (Wildman–Crippen LogP) is 4.77. The van der Waals surface area contributed by atoms with E-state index in [0.29, 0.717) is 23.0 Å². The van der Waals surface area contributed by atoms with Crippen LogP contribution in [0.2, 0.25) is 0 Å². The molecule has 0 radical (unpaired) electrons. The van der Waals surface area contributed by atoms with Gasteiger partial charge < -0.3 is 5.32 Å². The SMILES string of the molecule is CC(C)c1nc(CC(=O)Nc2ncc(Cc3ccc(F)c(F)c3)s2)cs1. The maximum atomic E-state index is 13.3. The fraction of sp³-hybridized carbons (Fsp3) is 0.278. The molecule has 0 atom stereocenters. The Hall–Kier alpha value is -2.19. The zero-order valence-electron chi connectivity index (χ0n) is 14.3. The van der Waals surface area contributed by atoms with Gasteiger partial charge in [-0.3, -0.25) is 4.79 Å². The van der Waals surface area contributed by atoms with Crippen molar-refractivity contribution in [3.63, 3.8) is 0 Å². The van der Waals surface area contributed by atoms with Crippen LogP contribution in [0.5, 0.6) is 0 Å². The number of nitrogens with one attached hydrogen (secondary N) is 1. The van der Waals surface area contributed by atoms with Gasteiger partial charge in [-0.15, -0.1) is 22.7 Å². The van der Waals surface area contributed by atoms with Crippen LogP contribution in [0.25, 0.3) is 0 Å². The minimum absolute atomic E-state index is 0.181. The number of carbonyl (C=O) groups is 1. The molecule has 8 heteroatoms. The van der Waals surface area contributed by atoms with Gasteiger partial charge in [0.05, 0.1) is 17.1 Å². The molecule has 0 spiro atoms. The summed E-state index contributed by atoms with van der Waals surface area (Å²) in [5.74, 6) is -1.58. The summed E-state index contributed by atoms with van der Waals surface area (Å²) in [5, 5.41) is 6.14. The van der Waals surface area contributed by atoms with Gasteiger partial charge in [0.15, 0.2) is 16.8 Å². The highest BCUT2D eigenvalue weighted by atomic mass is 32.1. The molecular weight excluding hydrogens is 376 g/mol. The van der Waals surface area contributed by atoms with Gasteiger partial charge in [0.1, 0.15) is 0 Å². The predicted molar refractivity (Wildman–Crippen MR) is 99.8 cm³/mol. The molecule has 0 aliphatic rings. The summed E-state index contributed by atoms with van der Waals surface area (Å²) in [7, 11) is 0. The lowest BCUT2D eigenvalue weighted by Crippen LogP contribution is -2.14. The van der Waals surface area contributed by atoms with Crippen LogP contribution in [0.4, 0.5) is 13.9 Å². The average molecular weight is 393 g/mol. The first-order valence-corrected chi connectivity index (χ1v) is 9.73. The van der Waals surface area contributed by atoms with E-state index in [-0.39, 0.29) is 12.3 Å². The highest BCUT2D eigenvalue weighted by Gasteiger charge is 2.12. The van der Waals surface area contributed by atoms with E-state index in [1.54, 1.807) is 17.5 Å². The molecule has 2 heterocycles. The first-order valence-electron chi connectivity index (χ1n) is 8.03. The van der Waals surface area contributed by atoms with Crippen molar-refractivity contribution in [2.75, 3.05) is 5.32 Å². The van der Waals surface area contributed by atoms with Crippen LogP contribution in [0.1, 0.15) is 40.9 Å². The number of anilines is 1. The largest absolute Gasteiger partial charge is 0.302 e. The third-order valence-electron chi connectivity index (χ3n) is 3.57. The van der Waals surface area contributed by atoms with Crippen LogP contribution < -0.4 is 5.32 Å². The smallest absolute Gasteiger partial charge is 0.232 e. The maximum Gasteiger partial charge on any atom is 0.232 e. The van der Waals surface area contributed by atoms with Gasteiger partial charge in [0.25, 0.3) is 0 Å². The van der Waals surface area contributed by atoms with Crippen molar-refractivity contribution in [1.29, 1.82) is 0 Å². The van der Waals surface area contributed by atoms with Crippen molar-refractivity contribution in [2.24, 2.45) is 0 Å². The van der Waals surface area contributed by atoms with E-state index in [1.165, 1.54) is 23.5 Å². The maximum absolute atomic E-state index is 13.3. The molecule has 136 valence electrons. The van der Waals surface area contributed by atoms with E-state index in [2.05, 4.69) is 29.1 Å². The molecule has 0 unspecified atom stereocenters. The number of amides is 1. The Balaban J connectivity index is 1.58. The molecule has 4 nitrogen and oxygen atoms in total. The van der Waals surface area contributed by atoms with E-state index < -0.39 is 11.6 Å². The third kappa shape index (κ3) is 4.70. The zero-order chi connectivity index (χ0) is 18.7. The molecule has 1 amide bonds. The number of aromatic nitrogens is 2. The van der Waals surface area contributed by atoms with Crippen molar-refractivity contribution in [3.05, 3.63) is 62.6 Å². The van der Waals surface area contributed by atoms with E-state index in [1.807, 2.05) is 5.38 Å². The third-order valence-corrected chi connectivity index (χ3v) is 5.67. The molecule has 0 aliphatic carbocycles. The second kappa shape index (κ2) is 8.01. The number of carbonyl (C=O) groups excluding carboxylic acids is 1.